The zero-order valence-corrected chi connectivity index (χ0v) is 37.6. The highest BCUT2D eigenvalue weighted by molar-refractivity contribution is 5.72. The lowest BCUT2D eigenvalue weighted by Crippen LogP contribution is -2.27. The van der Waals surface area contributed by atoms with Crippen molar-refractivity contribution in [1.29, 1.82) is 0 Å². The normalized spacial score (nSPS) is 13.6. The van der Waals surface area contributed by atoms with E-state index in [1.54, 1.807) is 5.57 Å². The van der Waals surface area contributed by atoms with E-state index in [2.05, 4.69) is 38.7 Å². The third kappa shape index (κ3) is 33.3. The number of carbonyl (C=O) groups is 2. The molecule has 0 spiro atoms. The van der Waals surface area contributed by atoms with Crippen LogP contribution in [-0.2, 0) is 19.1 Å². The van der Waals surface area contributed by atoms with Gasteiger partial charge in [-0.15, -0.1) is 0 Å². The third-order valence-corrected chi connectivity index (χ3v) is 12.0. The third-order valence-electron chi connectivity index (χ3n) is 12.0. The van der Waals surface area contributed by atoms with E-state index in [1.165, 1.54) is 180 Å². The molecule has 5 heteroatoms. The van der Waals surface area contributed by atoms with Gasteiger partial charge in [-0.1, -0.05) is 193 Å². The van der Waals surface area contributed by atoms with Gasteiger partial charge in [0, 0.05) is 0 Å². The van der Waals surface area contributed by atoms with Crippen LogP contribution < -0.4 is 0 Å². The van der Waals surface area contributed by atoms with Crippen LogP contribution in [0.3, 0.4) is 0 Å². The van der Waals surface area contributed by atoms with E-state index >= 15 is 0 Å². The second-order valence-electron chi connectivity index (χ2n) is 17.4. The van der Waals surface area contributed by atoms with Crippen LogP contribution in [0.1, 0.15) is 252 Å². The molecule has 0 aromatic carbocycles. The van der Waals surface area contributed by atoms with Gasteiger partial charge in [0.25, 0.3) is 0 Å². The van der Waals surface area contributed by atoms with Gasteiger partial charge in [0.2, 0.25) is 0 Å². The standard InChI is InChI=1S/C50H95NO4/c1-5-9-13-17-19-27-37-47(35-25-15-11-7-3)49(52)54-44-31-23-21-29-41-51(43-33-34-46-39-40-46)42-30-22-24-32-45-55-50(53)48(36-26-16-12-8-4)38-28-20-18-14-10-6-2/h39,47-48H,5-38,40-45H2,1-4H3. The second kappa shape index (κ2) is 39.5. The fourth-order valence-electron chi connectivity index (χ4n) is 8.04. The molecule has 0 aromatic heterocycles. The van der Waals surface area contributed by atoms with Crippen LogP contribution in [0.5, 0.6) is 0 Å². The van der Waals surface area contributed by atoms with Crippen molar-refractivity contribution in [3.8, 4) is 0 Å². The van der Waals surface area contributed by atoms with Crippen LogP contribution in [0.15, 0.2) is 11.6 Å². The lowest BCUT2D eigenvalue weighted by molar-refractivity contribution is -0.150. The summed E-state index contributed by atoms with van der Waals surface area (Å²) in [6.07, 6.45) is 44.5. The van der Waals surface area contributed by atoms with Crippen LogP contribution in [-0.4, -0.2) is 49.7 Å². The molecule has 5 nitrogen and oxygen atoms in total. The summed E-state index contributed by atoms with van der Waals surface area (Å²) < 4.78 is 11.7. The molecule has 2 atom stereocenters. The van der Waals surface area contributed by atoms with Gasteiger partial charge in [-0.3, -0.25) is 9.59 Å². The summed E-state index contributed by atoms with van der Waals surface area (Å²) in [5.74, 6) is 0.363. The van der Waals surface area contributed by atoms with Crippen molar-refractivity contribution in [2.24, 2.45) is 11.8 Å². The summed E-state index contributed by atoms with van der Waals surface area (Å²) >= 11 is 0. The Morgan fingerprint density at radius 1 is 0.455 bits per heavy atom. The van der Waals surface area contributed by atoms with E-state index in [9.17, 15) is 9.59 Å². The number of hydrogen-bond donors (Lipinski definition) is 0. The smallest absolute Gasteiger partial charge is 0.308 e. The number of hydrogen-bond acceptors (Lipinski definition) is 5. The lowest BCUT2D eigenvalue weighted by atomic mass is 9.94. The molecular formula is C50H95NO4. The summed E-state index contributed by atoms with van der Waals surface area (Å²) in [5.41, 5.74) is 1.65. The molecule has 324 valence electrons. The molecule has 0 aliphatic heterocycles. The predicted octanol–water partition coefficient (Wildman–Crippen LogP) is 15.3. The van der Waals surface area contributed by atoms with E-state index in [0.29, 0.717) is 13.2 Å². The molecule has 0 saturated heterocycles. The Kier molecular flexibility index (Phi) is 37.1. The quantitative estimate of drug-likeness (QED) is 0.0351. The Hall–Kier alpha value is -1.36. The van der Waals surface area contributed by atoms with E-state index in [-0.39, 0.29) is 23.8 Å². The first-order chi connectivity index (χ1) is 27.0. The average molecular weight is 774 g/mol. The molecule has 0 radical (unpaired) electrons. The maximum atomic E-state index is 13.0. The van der Waals surface area contributed by atoms with Gasteiger partial charge in [0.05, 0.1) is 25.0 Å². The minimum Gasteiger partial charge on any atom is -0.465 e. The zero-order valence-electron chi connectivity index (χ0n) is 37.6. The molecule has 55 heavy (non-hydrogen) atoms. The summed E-state index contributed by atoms with van der Waals surface area (Å²) in [5, 5.41) is 0. The minimum atomic E-state index is 0.0747. The van der Waals surface area contributed by atoms with Gasteiger partial charge in [0.15, 0.2) is 0 Å². The highest BCUT2D eigenvalue weighted by atomic mass is 16.5. The van der Waals surface area contributed by atoms with Gasteiger partial charge in [-0.2, -0.15) is 0 Å². The monoisotopic (exact) mass is 774 g/mol. The molecule has 0 amide bonds. The number of rotatable bonds is 44. The zero-order chi connectivity index (χ0) is 39.9. The SMILES string of the molecule is CCCCCCCCC(CCCCCC)C(=O)OCCCCCCN(CCCCCCOC(=O)C(CCCCCC)CCCCCCCC)CCCC1=CC1. The lowest BCUT2D eigenvalue weighted by Gasteiger charge is -2.22. The summed E-state index contributed by atoms with van der Waals surface area (Å²) in [7, 11) is 0. The summed E-state index contributed by atoms with van der Waals surface area (Å²) in [4.78, 5) is 28.7. The number of allylic oxidation sites excluding steroid dienone is 2. The fourth-order valence-corrected chi connectivity index (χ4v) is 8.04. The van der Waals surface area contributed by atoms with Crippen molar-refractivity contribution in [2.45, 2.75) is 252 Å². The van der Waals surface area contributed by atoms with Crippen molar-refractivity contribution in [1.82, 2.24) is 4.90 Å². The maximum absolute atomic E-state index is 13.0. The molecule has 0 N–H and O–H groups in total. The van der Waals surface area contributed by atoms with Crippen molar-refractivity contribution >= 4 is 11.9 Å². The van der Waals surface area contributed by atoms with E-state index in [4.69, 9.17) is 9.47 Å². The van der Waals surface area contributed by atoms with Crippen LogP contribution in [0.2, 0.25) is 0 Å². The molecule has 0 fully saturated rings. The molecule has 0 heterocycles. The topological polar surface area (TPSA) is 55.8 Å². The molecular weight excluding hydrogens is 679 g/mol. The van der Waals surface area contributed by atoms with Crippen molar-refractivity contribution in [3.63, 3.8) is 0 Å². The summed E-state index contributed by atoms with van der Waals surface area (Å²) in [6, 6.07) is 0. The van der Waals surface area contributed by atoms with Gasteiger partial charge in [0.1, 0.15) is 0 Å². The fraction of sp³-hybridized carbons (Fsp3) is 0.920. The molecule has 0 bridgehead atoms. The van der Waals surface area contributed by atoms with Crippen molar-refractivity contribution in [2.75, 3.05) is 32.8 Å². The van der Waals surface area contributed by atoms with Gasteiger partial charge in [-0.05, 0) is 90.3 Å². The molecule has 0 aromatic rings. The van der Waals surface area contributed by atoms with Crippen LogP contribution in [0.4, 0.5) is 0 Å². The highest BCUT2D eigenvalue weighted by Gasteiger charge is 2.20. The molecule has 1 aliphatic rings. The predicted molar refractivity (Wildman–Crippen MR) is 238 cm³/mol. The Bertz CT molecular complexity index is 829. The Labute approximate surface area is 343 Å². The number of ether oxygens (including phenoxy) is 2. The summed E-state index contributed by atoms with van der Waals surface area (Å²) in [6.45, 7) is 13.8. The highest BCUT2D eigenvalue weighted by Crippen LogP contribution is 2.24. The number of unbranched alkanes of at least 4 members (excludes halogenated alkanes) is 22. The first-order valence-electron chi connectivity index (χ1n) is 24.8. The van der Waals surface area contributed by atoms with E-state index in [1.807, 2.05) is 0 Å². The Morgan fingerprint density at radius 3 is 1.15 bits per heavy atom. The van der Waals surface area contributed by atoms with E-state index in [0.717, 1.165) is 64.2 Å². The number of carbonyl (C=O) groups excluding carboxylic acids is 2. The molecule has 0 saturated carbocycles. The van der Waals surface area contributed by atoms with Crippen LogP contribution in [0, 0.1) is 11.8 Å². The second-order valence-corrected chi connectivity index (χ2v) is 17.4. The molecule has 1 rings (SSSR count). The first kappa shape index (κ1) is 51.7. The molecule has 2 unspecified atom stereocenters. The number of esters is 2. The average Bonchev–Trinajstić information content (AvgIpc) is 4.02. The largest absolute Gasteiger partial charge is 0.465 e. The minimum absolute atomic E-state index is 0.0747. The first-order valence-corrected chi connectivity index (χ1v) is 24.8. The van der Waals surface area contributed by atoms with Crippen molar-refractivity contribution in [3.05, 3.63) is 11.6 Å². The van der Waals surface area contributed by atoms with Gasteiger partial charge in [-0.25, -0.2) is 0 Å². The van der Waals surface area contributed by atoms with E-state index < -0.39 is 0 Å². The number of nitrogens with zero attached hydrogens (tertiary/aromatic N) is 1. The maximum Gasteiger partial charge on any atom is 0.308 e. The van der Waals surface area contributed by atoms with Crippen LogP contribution in [0.25, 0.3) is 0 Å². The Balaban J connectivity index is 2.30. The van der Waals surface area contributed by atoms with Gasteiger partial charge >= 0.3 is 11.9 Å². The Morgan fingerprint density at radius 2 is 0.764 bits per heavy atom. The van der Waals surface area contributed by atoms with Crippen LogP contribution >= 0.6 is 0 Å². The van der Waals surface area contributed by atoms with Crippen molar-refractivity contribution < 1.29 is 19.1 Å². The van der Waals surface area contributed by atoms with Gasteiger partial charge < -0.3 is 14.4 Å². The molecule has 1 aliphatic carbocycles.